The topological polar surface area (TPSA) is 73.9 Å². The summed E-state index contributed by atoms with van der Waals surface area (Å²) in [7, 11) is 3.95. The lowest BCUT2D eigenvalue weighted by atomic mass is 10.2. The van der Waals surface area contributed by atoms with E-state index in [1.165, 1.54) is 21.3 Å². The van der Waals surface area contributed by atoms with E-state index >= 15 is 0 Å². The van der Waals surface area contributed by atoms with Gasteiger partial charge in [0, 0.05) is 4.47 Å². The van der Waals surface area contributed by atoms with Crippen molar-refractivity contribution in [2.75, 3.05) is 26.6 Å². The molecule has 1 rings (SSSR count). The van der Waals surface area contributed by atoms with Gasteiger partial charge in [-0.15, -0.1) is 0 Å². The number of hydrogen-bond acceptors (Lipinski definition) is 6. The quantitative estimate of drug-likeness (QED) is 0.406. The van der Waals surface area contributed by atoms with Gasteiger partial charge in [-0.1, -0.05) is 15.9 Å². The van der Waals surface area contributed by atoms with Crippen LogP contribution in [0.2, 0.25) is 0 Å². The van der Waals surface area contributed by atoms with Gasteiger partial charge >= 0.3 is 11.9 Å². The molecule has 114 valence electrons. The first kappa shape index (κ1) is 17.8. The Bertz CT molecular complexity index is 588. The van der Waals surface area contributed by atoms with Crippen LogP contribution in [0.25, 0.3) is 0 Å². The number of methoxy groups -OCH3 is 3. The number of anilines is 1. The van der Waals surface area contributed by atoms with Crippen molar-refractivity contribution in [1.82, 2.24) is 0 Å². The van der Waals surface area contributed by atoms with Crippen LogP contribution in [-0.4, -0.2) is 33.3 Å². The molecule has 21 heavy (non-hydrogen) atoms. The maximum atomic E-state index is 11.7. The number of hydrogen-bond donors (Lipinski definition) is 1. The van der Waals surface area contributed by atoms with E-state index in [-0.39, 0.29) is 5.70 Å². The molecule has 1 aromatic carbocycles. The molecule has 0 saturated carbocycles. The van der Waals surface area contributed by atoms with Crippen molar-refractivity contribution in [2.24, 2.45) is 0 Å². The molecular formula is C13H13BrINO5. The smallest absolute Gasteiger partial charge is 0.354 e. The Labute approximate surface area is 144 Å². The number of rotatable bonds is 5. The highest BCUT2D eigenvalue weighted by molar-refractivity contribution is 14.1. The Hall–Kier alpha value is -1.29. The maximum absolute atomic E-state index is 11.7. The molecule has 0 aromatic heterocycles. The number of carbonyl (C=O) groups excluding carboxylic acids is 2. The summed E-state index contributed by atoms with van der Waals surface area (Å²) in [5, 5.41) is 2.82. The molecule has 0 atom stereocenters. The third-order valence-corrected chi connectivity index (χ3v) is 3.61. The molecule has 0 heterocycles. The van der Waals surface area contributed by atoms with Crippen LogP contribution >= 0.6 is 38.5 Å². The second-order valence-corrected chi connectivity index (χ2v) is 5.74. The lowest BCUT2D eigenvalue weighted by Gasteiger charge is -2.14. The van der Waals surface area contributed by atoms with Gasteiger partial charge in [-0.2, -0.15) is 0 Å². The number of nitrogens with one attached hydrogen (secondary N) is 1. The minimum Gasteiger partial charge on any atom is -0.493 e. The predicted octanol–water partition coefficient (Wildman–Crippen LogP) is 2.70. The van der Waals surface area contributed by atoms with E-state index in [1.54, 1.807) is 6.07 Å². The van der Waals surface area contributed by atoms with Crippen LogP contribution < -0.4 is 10.1 Å². The van der Waals surface area contributed by atoms with Gasteiger partial charge in [0.15, 0.2) is 5.75 Å². The molecule has 8 heteroatoms. The van der Waals surface area contributed by atoms with Crippen molar-refractivity contribution >= 4 is 56.1 Å². The summed E-state index contributed by atoms with van der Waals surface area (Å²) in [6, 6.07) is 3.57. The second kappa shape index (κ2) is 8.23. The molecule has 1 N–H and O–H groups in total. The van der Waals surface area contributed by atoms with E-state index in [2.05, 4.69) is 53.3 Å². The standard InChI is InChI=1S/C13H13BrINO5/c1-19-11(17)6-10(13(18)21-3)16-9-5-7(14)4-8(15)12(9)20-2/h4-6,16H,1-3H3/b10-6+. The van der Waals surface area contributed by atoms with Crippen molar-refractivity contribution in [2.45, 2.75) is 0 Å². The van der Waals surface area contributed by atoms with E-state index in [0.29, 0.717) is 11.4 Å². The zero-order chi connectivity index (χ0) is 16.0. The van der Waals surface area contributed by atoms with Gasteiger partial charge in [-0.25, -0.2) is 9.59 Å². The number of esters is 2. The zero-order valence-corrected chi connectivity index (χ0v) is 15.3. The Kier molecular flexibility index (Phi) is 6.96. The minimum absolute atomic E-state index is 0.0587. The summed E-state index contributed by atoms with van der Waals surface area (Å²) in [6.07, 6.45) is 1.01. The van der Waals surface area contributed by atoms with Crippen molar-refractivity contribution in [3.8, 4) is 5.75 Å². The predicted molar refractivity (Wildman–Crippen MR) is 89.1 cm³/mol. The average molecular weight is 470 g/mol. The lowest BCUT2D eigenvalue weighted by Crippen LogP contribution is -2.16. The molecule has 0 spiro atoms. The van der Waals surface area contributed by atoms with Gasteiger partial charge < -0.3 is 19.5 Å². The van der Waals surface area contributed by atoms with Crippen LogP contribution in [0.1, 0.15) is 0 Å². The highest BCUT2D eigenvalue weighted by Crippen LogP contribution is 2.34. The first-order chi connectivity index (χ1) is 9.92. The zero-order valence-electron chi connectivity index (χ0n) is 11.5. The lowest BCUT2D eigenvalue weighted by molar-refractivity contribution is -0.138. The maximum Gasteiger partial charge on any atom is 0.354 e. The number of carbonyl (C=O) groups is 2. The number of ether oxygens (including phenoxy) is 3. The molecule has 0 fully saturated rings. The summed E-state index contributed by atoms with van der Waals surface area (Å²) in [5.41, 5.74) is 0.452. The molecule has 0 saturated heterocycles. The highest BCUT2D eigenvalue weighted by Gasteiger charge is 2.16. The monoisotopic (exact) mass is 469 g/mol. The van der Waals surface area contributed by atoms with Crippen LogP contribution in [-0.2, 0) is 19.1 Å². The fourth-order valence-electron chi connectivity index (χ4n) is 1.44. The third kappa shape index (κ3) is 4.88. The van der Waals surface area contributed by atoms with Crippen LogP contribution in [0, 0.1) is 3.57 Å². The van der Waals surface area contributed by atoms with E-state index in [1.807, 2.05) is 6.07 Å². The fourth-order valence-corrected chi connectivity index (χ4v) is 3.17. The van der Waals surface area contributed by atoms with E-state index < -0.39 is 11.9 Å². The van der Waals surface area contributed by atoms with Crippen LogP contribution in [0.4, 0.5) is 5.69 Å². The SMILES string of the molecule is COC(=O)/C=C(/Nc1cc(Br)cc(I)c1OC)C(=O)OC. The van der Waals surface area contributed by atoms with Gasteiger partial charge in [0.2, 0.25) is 0 Å². The van der Waals surface area contributed by atoms with Gasteiger partial charge in [0.05, 0.1) is 36.7 Å². The molecule has 6 nitrogen and oxygen atoms in total. The summed E-state index contributed by atoms with van der Waals surface area (Å²) < 4.78 is 16.1. The van der Waals surface area contributed by atoms with Gasteiger partial charge in [0.1, 0.15) is 5.70 Å². The molecule has 0 amide bonds. The summed E-state index contributed by atoms with van der Waals surface area (Å²) in [6.45, 7) is 0. The average Bonchev–Trinajstić information content (AvgIpc) is 2.45. The van der Waals surface area contributed by atoms with Crippen LogP contribution in [0.5, 0.6) is 5.75 Å². The van der Waals surface area contributed by atoms with E-state index in [0.717, 1.165) is 14.1 Å². The Balaban J connectivity index is 3.24. The first-order valence-corrected chi connectivity index (χ1v) is 7.48. The van der Waals surface area contributed by atoms with Crippen molar-refractivity contribution in [3.63, 3.8) is 0 Å². The van der Waals surface area contributed by atoms with Gasteiger partial charge in [-0.3, -0.25) is 0 Å². The van der Waals surface area contributed by atoms with E-state index in [4.69, 9.17) is 4.74 Å². The number of halogens is 2. The van der Waals surface area contributed by atoms with E-state index in [9.17, 15) is 9.59 Å². The molecular weight excluding hydrogens is 457 g/mol. The number of benzene rings is 1. The molecule has 0 aliphatic heterocycles. The molecule has 0 aliphatic rings. The first-order valence-electron chi connectivity index (χ1n) is 5.61. The molecule has 0 bridgehead atoms. The Morgan fingerprint density at radius 3 is 2.43 bits per heavy atom. The molecule has 0 unspecified atom stereocenters. The summed E-state index contributed by atoms with van der Waals surface area (Å²) in [4.78, 5) is 23.1. The van der Waals surface area contributed by atoms with Gasteiger partial charge in [0.25, 0.3) is 0 Å². The van der Waals surface area contributed by atoms with Crippen molar-refractivity contribution in [1.29, 1.82) is 0 Å². The van der Waals surface area contributed by atoms with Gasteiger partial charge in [-0.05, 0) is 34.7 Å². The minimum atomic E-state index is -0.697. The molecule has 0 radical (unpaired) electrons. The van der Waals surface area contributed by atoms with Crippen molar-refractivity contribution in [3.05, 3.63) is 31.9 Å². The van der Waals surface area contributed by atoms with Crippen LogP contribution in [0.15, 0.2) is 28.4 Å². The highest BCUT2D eigenvalue weighted by atomic mass is 127. The second-order valence-electron chi connectivity index (χ2n) is 3.67. The molecule has 1 aromatic rings. The summed E-state index contributed by atoms with van der Waals surface area (Å²) in [5.74, 6) is -0.831. The van der Waals surface area contributed by atoms with Crippen molar-refractivity contribution < 1.29 is 23.8 Å². The van der Waals surface area contributed by atoms with Crippen LogP contribution in [0.3, 0.4) is 0 Å². The Morgan fingerprint density at radius 1 is 1.24 bits per heavy atom. The normalized spacial score (nSPS) is 10.8. The third-order valence-electron chi connectivity index (χ3n) is 2.35. The summed E-state index contributed by atoms with van der Waals surface area (Å²) >= 11 is 5.45. The Morgan fingerprint density at radius 2 is 1.90 bits per heavy atom. The fraction of sp³-hybridized carbons (Fsp3) is 0.231. The largest absolute Gasteiger partial charge is 0.493 e. The molecule has 0 aliphatic carbocycles.